The van der Waals surface area contributed by atoms with Gasteiger partial charge in [-0.15, -0.1) is 0 Å². The monoisotopic (exact) mass is 378 g/mol. The Bertz CT molecular complexity index is 748. The average molecular weight is 379 g/mol. The van der Waals surface area contributed by atoms with E-state index < -0.39 is 0 Å². The van der Waals surface area contributed by atoms with Crippen LogP contribution >= 0.6 is 0 Å². The molecule has 2 heterocycles. The van der Waals surface area contributed by atoms with Crippen LogP contribution in [-0.4, -0.2) is 42.0 Å². The minimum Gasteiger partial charge on any atom is -0.354 e. The van der Waals surface area contributed by atoms with E-state index in [1.807, 2.05) is 30.5 Å². The van der Waals surface area contributed by atoms with Crippen molar-refractivity contribution in [3.8, 4) is 0 Å². The molecule has 0 spiro atoms. The van der Waals surface area contributed by atoms with Crippen molar-refractivity contribution in [1.29, 1.82) is 0 Å². The van der Waals surface area contributed by atoms with E-state index in [1.165, 1.54) is 24.8 Å². The lowest BCUT2D eigenvalue weighted by Gasteiger charge is -2.35. The van der Waals surface area contributed by atoms with Crippen LogP contribution in [-0.2, 0) is 11.3 Å². The molecule has 0 atom stereocenters. The molecule has 2 aliphatic rings. The molecule has 1 saturated heterocycles. The zero-order valence-electron chi connectivity index (χ0n) is 16.5. The predicted octanol–water partition coefficient (Wildman–Crippen LogP) is 3.92. The van der Waals surface area contributed by atoms with Gasteiger partial charge >= 0.3 is 0 Å². The van der Waals surface area contributed by atoms with Crippen molar-refractivity contribution in [2.75, 3.05) is 36.4 Å². The highest BCUT2D eigenvalue weighted by Gasteiger charge is 2.21. The van der Waals surface area contributed by atoms with Crippen LogP contribution in [0.3, 0.4) is 0 Å². The van der Waals surface area contributed by atoms with Crippen LogP contribution in [0.5, 0.6) is 0 Å². The van der Waals surface area contributed by atoms with Gasteiger partial charge in [-0.1, -0.05) is 37.5 Å². The van der Waals surface area contributed by atoms with Gasteiger partial charge in [-0.2, -0.15) is 0 Å². The van der Waals surface area contributed by atoms with Gasteiger partial charge in [-0.25, -0.2) is 4.98 Å². The number of hydrogen-bond acceptors (Lipinski definition) is 4. The lowest BCUT2D eigenvalue weighted by Crippen LogP contribution is -2.46. The van der Waals surface area contributed by atoms with Gasteiger partial charge in [0.05, 0.1) is 0 Å². The summed E-state index contributed by atoms with van der Waals surface area (Å²) < 4.78 is 0. The van der Waals surface area contributed by atoms with E-state index in [9.17, 15) is 4.79 Å². The number of anilines is 2. The summed E-state index contributed by atoms with van der Waals surface area (Å²) >= 11 is 0. The molecule has 0 bridgehead atoms. The molecular weight excluding hydrogens is 348 g/mol. The van der Waals surface area contributed by atoms with E-state index in [1.54, 1.807) is 0 Å². The van der Waals surface area contributed by atoms with Crippen molar-refractivity contribution >= 4 is 17.4 Å². The van der Waals surface area contributed by atoms with E-state index in [-0.39, 0.29) is 11.8 Å². The molecule has 4 rings (SSSR count). The van der Waals surface area contributed by atoms with E-state index in [4.69, 9.17) is 0 Å². The van der Waals surface area contributed by atoms with Gasteiger partial charge in [0, 0.05) is 50.5 Å². The standard InChI is InChI=1S/C23H30N4O/c28-23(20-6-2-1-3-7-20)25-21-11-9-19(10-12-21)18-26-14-16-27(17-15-26)22-8-4-5-13-24-22/h4-5,8-13,20H,1-3,6-7,14-18H2,(H,25,28). The molecule has 2 aromatic rings. The van der Waals surface area contributed by atoms with Crippen molar-refractivity contribution in [2.45, 2.75) is 38.6 Å². The smallest absolute Gasteiger partial charge is 0.227 e. The molecule has 1 aliphatic heterocycles. The number of hydrogen-bond donors (Lipinski definition) is 1. The minimum absolute atomic E-state index is 0.193. The Hall–Kier alpha value is -2.40. The number of carbonyl (C=O) groups is 1. The highest BCUT2D eigenvalue weighted by Crippen LogP contribution is 2.25. The molecule has 1 N–H and O–H groups in total. The molecule has 1 amide bonds. The fourth-order valence-corrected chi connectivity index (χ4v) is 4.24. The summed E-state index contributed by atoms with van der Waals surface area (Å²) in [5.74, 6) is 1.46. The Morgan fingerprint density at radius 3 is 2.39 bits per heavy atom. The zero-order valence-corrected chi connectivity index (χ0v) is 16.5. The van der Waals surface area contributed by atoms with Crippen LogP contribution in [0.2, 0.25) is 0 Å². The Morgan fingerprint density at radius 2 is 1.71 bits per heavy atom. The fourth-order valence-electron chi connectivity index (χ4n) is 4.24. The SMILES string of the molecule is O=C(Nc1ccc(CN2CCN(c3ccccn3)CC2)cc1)C1CCCCC1. The van der Waals surface area contributed by atoms with Crippen molar-refractivity contribution in [3.05, 3.63) is 54.2 Å². The molecular formula is C23H30N4O. The number of pyridine rings is 1. The molecule has 1 aliphatic carbocycles. The van der Waals surface area contributed by atoms with E-state index in [2.05, 4.69) is 38.3 Å². The Morgan fingerprint density at radius 1 is 0.964 bits per heavy atom. The number of aromatic nitrogens is 1. The summed E-state index contributed by atoms with van der Waals surface area (Å²) in [6.07, 6.45) is 7.57. The molecule has 148 valence electrons. The Balaban J connectivity index is 1.25. The second kappa shape index (κ2) is 9.20. The van der Waals surface area contributed by atoms with Gasteiger partial charge in [0.15, 0.2) is 0 Å². The molecule has 2 fully saturated rings. The Kier molecular flexibility index (Phi) is 6.22. The topological polar surface area (TPSA) is 48.5 Å². The minimum atomic E-state index is 0.193. The normalized spacial score (nSPS) is 18.8. The number of rotatable bonds is 5. The highest BCUT2D eigenvalue weighted by molar-refractivity contribution is 5.92. The summed E-state index contributed by atoms with van der Waals surface area (Å²) in [5.41, 5.74) is 2.21. The zero-order chi connectivity index (χ0) is 19.2. The first-order valence-electron chi connectivity index (χ1n) is 10.6. The van der Waals surface area contributed by atoms with Gasteiger partial charge in [0.2, 0.25) is 5.91 Å². The van der Waals surface area contributed by atoms with Crippen LogP contribution in [0.25, 0.3) is 0 Å². The summed E-state index contributed by atoms with van der Waals surface area (Å²) in [4.78, 5) is 21.7. The number of amides is 1. The maximum Gasteiger partial charge on any atom is 0.227 e. The summed E-state index contributed by atoms with van der Waals surface area (Å²) in [6.45, 7) is 5.04. The van der Waals surface area contributed by atoms with E-state index in [0.717, 1.165) is 57.1 Å². The fraction of sp³-hybridized carbons (Fsp3) is 0.478. The maximum atomic E-state index is 12.4. The first-order valence-corrected chi connectivity index (χ1v) is 10.6. The number of nitrogens with zero attached hydrogens (tertiary/aromatic N) is 3. The molecule has 0 radical (unpaired) electrons. The van der Waals surface area contributed by atoms with Crippen molar-refractivity contribution in [3.63, 3.8) is 0 Å². The second-order valence-electron chi connectivity index (χ2n) is 7.97. The number of benzene rings is 1. The summed E-state index contributed by atoms with van der Waals surface area (Å²) in [5, 5.41) is 3.10. The Labute approximate surface area is 167 Å². The highest BCUT2D eigenvalue weighted by atomic mass is 16.1. The maximum absolute atomic E-state index is 12.4. The molecule has 1 aromatic carbocycles. The van der Waals surface area contributed by atoms with Crippen molar-refractivity contribution < 1.29 is 4.79 Å². The largest absolute Gasteiger partial charge is 0.354 e. The number of carbonyl (C=O) groups excluding carboxylic acids is 1. The van der Waals surface area contributed by atoms with Crippen LogP contribution in [0.1, 0.15) is 37.7 Å². The lowest BCUT2D eigenvalue weighted by molar-refractivity contribution is -0.120. The quantitative estimate of drug-likeness (QED) is 0.857. The summed E-state index contributed by atoms with van der Waals surface area (Å²) in [6, 6.07) is 14.4. The predicted molar refractivity (Wildman–Crippen MR) is 113 cm³/mol. The third-order valence-electron chi connectivity index (χ3n) is 5.95. The van der Waals surface area contributed by atoms with Crippen LogP contribution in [0, 0.1) is 5.92 Å². The van der Waals surface area contributed by atoms with Crippen molar-refractivity contribution in [2.24, 2.45) is 5.92 Å². The third-order valence-corrected chi connectivity index (χ3v) is 5.95. The molecule has 28 heavy (non-hydrogen) atoms. The van der Waals surface area contributed by atoms with Gasteiger partial charge in [0.1, 0.15) is 5.82 Å². The second-order valence-corrected chi connectivity index (χ2v) is 7.97. The average Bonchev–Trinajstić information content (AvgIpc) is 2.77. The van der Waals surface area contributed by atoms with Crippen LogP contribution in [0.15, 0.2) is 48.7 Å². The van der Waals surface area contributed by atoms with E-state index in [0.29, 0.717) is 0 Å². The first kappa shape index (κ1) is 18.9. The number of piperazine rings is 1. The van der Waals surface area contributed by atoms with Crippen LogP contribution in [0.4, 0.5) is 11.5 Å². The van der Waals surface area contributed by atoms with Gasteiger partial charge < -0.3 is 10.2 Å². The lowest BCUT2D eigenvalue weighted by atomic mass is 9.88. The molecule has 5 nitrogen and oxygen atoms in total. The first-order chi connectivity index (χ1) is 13.8. The van der Waals surface area contributed by atoms with Gasteiger partial charge in [0.25, 0.3) is 0 Å². The molecule has 0 unspecified atom stereocenters. The number of nitrogens with one attached hydrogen (secondary N) is 1. The molecule has 5 heteroatoms. The third kappa shape index (κ3) is 4.90. The molecule has 1 saturated carbocycles. The molecule has 1 aromatic heterocycles. The van der Waals surface area contributed by atoms with Crippen molar-refractivity contribution in [1.82, 2.24) is 9.88 Å². The van der Waals surface area contributed by atoms with Crippen LogP contribution < -0.4 is 10.2 Å². The summed E-state index contributed by atoms with van der Waals surface area (Å²) in [7, 11) is 0. The van der Waals surface area contributed by atoms with Gasteiger partial charge in [-0.05, 0) is 42.7 Å². The van der Waals surface area contributed by atoms with E-state index >= 15 is 0 Å². The van der Waals surface area contributed by atoms with Gasteiger partial charge in [-0.3, -0.25) is 9.69 Å².